The maximum absolute atomic E-state index is 12.3. The summed E-state index contributed by atoms with van der Waals surface area (Å²) in [6.45, 7) is 4.02. The van der Waals surface area contributed by atoms with Crippen LogP contribution in [0.2, 0.25) is 0 Å². The van der Waals surface area contributed by atoms with Gasteiger partial charge in [0.2, 0.25) is 5.91 Å². The lowest BCUT2D eigenvalue weighted by Crippen LogP contribution is -2.46. The quantitative estimate of drug-likeness (QED) is 0.715. The van der Waals surface area contributed by atoms with Gasteiger partial charge in [-0.2, -0.15) is 0 Å². The van der Waals surface area contributed by atoms with Gasteiger partial charge in [0, 0.05) is 18.5 Å². The zero-order chi connectivity index (χ0) is 11.5. The molecule has 1 amide bonds. The van der Waals surface area contributed by atoms with Crippen molar-refractivity contribution >= 4 is 5.91 Å². The molecule has 0 bridgehead atoms. The van der Waals surface area contributed by atoms with Crippen molar-refractivity contribution in [3.05, 3.63) is 0 Å². The van der Waals surface area contributed by atoms with E-state index in [1.165, 1.54) is 0 Å². The zero-order valence-electron chi connectivity index (χ0n) is 9.98. The number of likely N-dealkylation sites (tertiary alicyclic amines) is 1. The Morgan fingerprint density at radius 3 is 3.00 bits per heavy atom. The normalized spacial score (nSPS) is 35.4. The number of amides is 1. The second-order valence-corrected chi connectivity index (χ2v) is 5.09. The lowest BCUT2D eigenvalue weighted by atomic mass is 9.92. The maximum atomic E-state index is 12.3. The van der Waals surface area contributed by atoms with Crippen LogP contribution in [-0.2, 0) is 4.79 Å². The van der Waals surface area contributed by atoms with Gasteiger partial charge in [-0.05, 0) is 39.2 Å². The van der Waals surface area contributed by atoms with E-state index in [9.17, 15) is 9.90 Å². The van der Waals surface area contributed by atoms with E-state index in [1.54, 1.807) is 0 Å². The number of nitrogens with one attached hydrogen (secondary N) is 1. The molecule has 3 unspecified atom stereocenters. The molecule has 0 aromatic rings. The first kappa shape index (κ1) is 11.9. The summed E-state index contributed by atoms with van der Waals surface area (Å²) < 4.78 is 0. The molecular formula is C12H22N2O2. The van der Waals surface area contributed by atoms with Crippen molar-refractivity contribution in [2.75, 3.05) is 19.7 Å². The fourth-order valence-electron chi connectivity index (χ4n) is 2.91. The minimum absolute atomic E-state index is 0.0812. The van der Waals surface area contributed by atoms with Gasteiger partial charge in [0.15, 0.2) is 0 Å². The van der Waals surface area contributed by atoms with Crippen molar-refractivity contribution < 1.29 is 9.90 Å². The van der Waals surface area contributed by atoms with Crippen molar-refractivity contribution in [3.8, 4) is 0 Å². The van der Waals surface area contributed by atoms with Crippen LogP contribution in [0.3, 0.4) is 0 Å². The fourth-order valence-corrected chi connectivity index (χ4v) is 2.91. The summed E-state index contributed by atoms with van der Waals surface area (Å²) in [5.74, 6) is 0.438. The first-order valence-electron chi connectivity index (χ1n) is 6.37. The Hall–Kier alpha value is -0.610. The third-order valence-corrected chi connectivity index (χ3v) is 3.84. The van der Waals surface area contributed by atoms with Crippen LogP contribution in [0.1, 0.15) is 32.6 Å². The fraction of sp³-hybridized carbons (Fsp3) is 0.917. The van der Waals surface area contributed by atoms with Crippen LogP contribution in [0.25, 0.3) is 0 Å². The molecule has 0 aromatic carbocycles. The highest BCUT2D eigenvalue weighted by atomic mass is 16.3. The highest BCUT2D eigenvalue weighted by Gasteiger charge is 2.34. The summed E-state index contributed by atoms with van der Waals surface area (Å²) in [5, 5.41) is 12.6. The van der Waals surface area contributed by atoms with Gasteiger partial charge in [0.1, 0.15) is 0 Å². The predicted octanol–water partition coefficient (Wildman–Crippen LogP) is 0.358. The van der Waals surface area contributed by atoms with Gasteiger partial charge < -0.3 is 15.3 Å². The van der Waals surface area contributed by atoms with Crippen LogP contribution >= 0.6 is 0 Å². The van der Waals surface area contributed by atoms with Gasteiger partial charge in [0.05, 0.1) is 12.6 Å². The van der Waals surface area contributed by atoms with Gasteiger partial charge in [0.25, 0.3) is 0 Å². The molecule has 4 nitrogen and oxygen atoms in total. The van der Waals surface area contributed by atoms with Crippen LogP contribution < -0.4 is 5.32 Å². The third kappa shape index (κ3) is 2.38. The molecule has 3 atom stereocenters. The summed E-state index contributed by atoms with van der Waals surface area (Å²) in [6.07, 6.45) is 3.88. The highest BCUT2D eigenvalue weighted by Crippen LogP contribution is 2.24. The third-order valence-electron chi connectivity index (χ3n) is 3.84. The molecule has 2 heterocycles. The van der Waals surface area contributed by atoms with Crippen LogP contribution in [0.5, 0.6) is 0 Å². The molecule has 4 heteroatoms. The van der Waals surface area contributed by atoms with E-state index in [4.69, 9.17) is 0 Å². The molecule has 2 aliphatic heterocycles. The van der Waals surface area contributed by atoms with E-state index in [-0.39, 0.29) is 24.5 Å². The first-order valence-corrected chi connectivity index (χ1v) is 6.37. The number of hydrogen-bond acceptors (Lipinski definition) is 3. The Bertz CT molecular complexity index is 257. The average Bonchev–Trinajstić information content (AvgIpc) is 2.76. The summed E-state index contributed by atoms with van der Waals surface area (Å²) in [4.78, 5) is 14.2. The van der Waals surface area contributed by atoms with Crippen molar-refractivity contribution in [2.24, 2.45) is 5.92 Å². The summed E-state index contributed by atoms with van der Waals surface area (Å²) in [6, 6.07) is 0.524. The Morgan fingerprint density at radius 2 is 2.31 bits per heavy atom. The van der Waals surface area contributed by atoms with Gasteiger partial charge >= 0.3 is 0 Å². The molecule has 0 saturated carbocycles. The Kier molecular flexibility index (Phi) is 3.82. The second-order valence-electron chi connectivity index (χ2n) is 5.09. The molecule has 2 saturated heterocycles. The lowest BCUT2D eigenvalue weighted by molar-refractivity contribution is -0.138. The number of carbonyl (C=O) groups is 1. The first-order chi connectivity index (χ1) is 7.72. The highest BCUT2D eigenvalue weighted by molar-refractivity contribution is 5.79. The predicted molar refractivity (Wildman–Crippen MR) is 62.0 cm³/mol. The number of aliphatic hydroxyl groups excluding tert-OH is 1. The molecule has 0 aromatic heterocycles. The number of piperidine rings is 1. The number of nitrogens with zero attached hydrogens (tertiary/aromatic N) is 1. The number of aliphatic hydroxyl groups is 1. The summed E-state index contributed by atoms with van der Waals surface area (Å²) >= 11 is 0. The van der Waals surface area contributed by atoms with E-state index < -0.39 is 0 Å². The molecule has 0 spiro atoms. The van der Waals surface area contributed by atoms with Crippen molar-refractivity contribution in [1.82, 2.24) is 10.2 Å². The van der Waals surface area contributed by atoms with Crippen LogP contribution in [0.4, 0.5) is 0 Å². The largest absolute Gasteiger partial charge is 0.394 e. The molecular weight excluding hydrogens is 204 g/mol. The van der Waals surface area contributed by atoms with E-state index in [2.05, 4.69) is 12.2 Å². The Balaban J connectivity index is 1.95. The summed E-state index contributed by atoms with van der Waals surface area (Å²) in [5.41, 5.74) is 0. The van der Waals surface area contributed by atoms with Crippen LogP contribution in [-0.4, -0.2) is 47.7 Å². The van der Waals surface area contributed by atoms with Crippen LogP contribution in [0, 0.1) is 5.92 Å². The molecule has 2 fully saturated rings. The van der Waals surface area contributed by atoms with Gasteiger partial charge in [-0.15, -0.1) is 0 Å². The molecule has 2 rings (SSSR count). The number of carbonyl (C=O) groups excluding carboxylic acids is 1. The van der Waals surface area contributed by atoms with Crippen molar-refractivity contribution in [3.63, 3.8) is 0 Å². The van der Waals surface area contributed by atoms with E-state index in [1.807, 2.05) is 4.90 Å². The number of hydrogen-bond donors (Lipinski definition) is 2. The molecule has 16 heavy (non-hydrogen) atoms. The molecule has 0 radical (unpaired) electrons. The van der Waals surface area contributed by atoms with Gasteiger partial charge in [-0.1, -0.05) is 0 Å². The Morgan fingerprint density at radius 1 is 1.50 bits per heavy atom. The van der Waals surface area contributed by atoms with E-state index in [0.29, 0.717) is 6.04 Å². The van der Waals surface area contributed by atoms with Crippen LogP contribution in [0.15, 0.2) is 0 Å². The zero-order valence-corrected chi connectivity index (χ0v) is 9.98. The topological polar surface area (TPSA) is 52.6 Å². The molecule has 92 valence electrons. The number of rotatable bonds is 2. The Labute approximate surface area is 97.0 Å². The monoisotopic (exact) mass is 226 g/mol. The van der Waals surface area contributed by atoms with Gasteiger partial charge in [-0.3, -0.25) is 4.79 Å². The maximum Gasteiger partial charge on any atom is 0.226 e. The minimum Gasteiger partial charge on any atom is -0.394 e. The van der Waals surface area contributed by atoms with E-state index in [0.717, 1.165) is 38.8 Å². The second kappa shape index (κ2) is 5.15. The molecule has 2 N–H and O–H groups in total. The molecule has 0 aliphatic carbocycles. The summed E-state index contributed by atoms with van der Waals surface area (Å²) in [7, 11) is 0. The SMILES string of the molecule is CC1CC(C(=O)N2CCCC2CO)CCN1. The van der Waals surface area contributed by atoms with E-state index >= 15 is 0 Å². The molecule has 2 aliphatic rings. The standard InChI is InChI=1S/C12H22N2O2/c1-9-7-10(4-5-13-9)12(16)14-6-2-3-11(14)8-15/h9-11,13,15H,2-8H2,1H3. The van der Waals surface area contributed by atoms with Crippen molar-refractivity contribution in [2.45, 2.75) is 44.7 Å². The minimum atomic E-state index is 0.0812. The van der Waals surface area contributed by atoms with Gasteiger partial charge in [-0.25, -0.2) is 0 Å². The smallest absolute Gasteiger partial charge is 0.226 e. The average molecular weight is 226 g/mol. The lowest BCUT2D eigenvalue weighted by Gasteiger charge is -2.32. The van der Waals surface area contributed by atoms with Crippen molar-refractivity contribution in [1.29, 1.82) is 0 Å².